The van der Waals surface area contributed by atoms with Crippen molar-refractivity contribution in [1.82, 2.24) is 14.7 Å². The summed E-state index contributed by atoms with van der Waals surface area (Å²) in [7, 11) is 4.94. The number of aryl methyl sites for hydroxylation is 2. The molecule has 0 aliphatic rings. The molecule has 0 aliphatic carbocycles. The van der Waals surface area contributed by atoms with E-state index in [1.54, 1.807) is 11.6 Å². The second-order valence-corrected chi connectivity index (χ2v) is 7.63. The maximum Gasteiger partial charge on any atom is 0.341 e. The summed E-state index contributed by atoms with van der Waals surface area (Å²) >= 11 is 0.966. The molecule has 0 fully saturated rings. The number of ether oxygens (including phenoxy) is 1. The topological polar surface area (TPSA) is 120 Å². The summed E-state index contributed by atoms with van der Waals surface area (Å²) in [4.78, 5) is 38.2. The fraction of sp³-hybridized carbons (Fsp3) is 0.444. The zero-order valence-electron chi connectivity index (χ0n) is 16.9. The number of nitrogens with two attached hydrogens (primary N) is 1. The molecule has 0 saturated carbocycles. The quantitative estimate of drug-likeness (QED) is 0.669. The van der Waals surface area contributed by atoms with Crippen molar-refractivity contribution in [2.45, 2.75) is 27.3 Å². The molecule has 0 saturated heterocycles. The lowest BCUT2D eigenvalue weighted by atomic mass is 10.1. The van der Waals surface area contributed by atoms with E-state index in [4.69, 9.17) is 10.5 Å². The number of likely N-dealkylation sites (N-methyl/N-ethyl adjacent to an activating group) is 1. The van der Waals surface area contributed by atoms with Gasteiger partial charge in [-0.15, -0.1) is 11.3 Å². The highest BCUT2D eigenvalue weighted by Crippen LogP contribution is 2.33. The van der Waals surface area contributed by atoms with Crippen molar-refractivity contribution in [2.24, 2.45) is 12.8 Å². The first-order valence-corrected chi connectivity index (χ1v) is 9.37. The van der Waals surface area contributed by atoms with Crippen LogP contribution < -0.4 is 11.1 Å². The zero-order chi connectivity index (χ0) is 21.2. The first kappa shape index (κ1) is 21.6. The first-order valence-electron chi connectivity index (χ1n) is 8.55. The summed E-state index contributed by atoms with van der Waals surface area (Å²) in [6.07, 6.45) is 0. The Labute approximate surface area is 167 Å². The number of anilines is 1. The Balaban J connectivity index is 2.15. The third-order valence-electron chi connectivity index (χ3n) is 4.51. The van der Waals surface area contributed by atoms with Crippen molar-refractivity contribution in [2.75, 3.05) is 26.0 Å². The number of methoxy groups -OCH3 is 1. The molecule has 28 heavy (non-hydrogen) atoms. The van der Waals surface area contributed by atoms with E-state index in [0.717, 1.165) is 28.3 Å². The van der Waals surface area contributed by atoms with Crippen molar-refractivity contribution in [3.63, 3.8) is 0 Å². The molecule has 0 radical (unpaired) electrons. The molecule has 0 aliphatic heterocycles. The molecule has 2 amide bonds. The second-order valence-electron chi connectivity index (χ2n) is 6.61. The van der Waals surface area contributed by atoms with Crippen LogP contribution in [-0.2, 0) is 23.1 Å². The summed E-state index contributed by atoms with van der Waals surface area (Å²) in [5.41, 5.74) is 8.93. The van der Waals surface area contributed by atoms with Crippen molar-refractivity contribution in [1.29, 1.82) is 0 Å². The van der Waals surface area contributed by atoms with Gasteiger partial charge in [-0.2, -0.15) is 5.10 Å². The average molecular weight is 407 g/mol. The van der Waals surface area contributed by atoms with Gasteiger partial charge in [0.05, 0.1) is 29.8 Å². The highest BCUT2D eigenvalue weighted by Gasteiger charge is 2.25. The number of hydrogen-bond acceptors (Lipinski definition) is 7. The van der Waals surface area contributed by atoms with Gasteiger partial charge in [0.25, 0.3) is 5.91 Å². The van der Waals surface area contributed by atoms with Crippen LogP contribution in [0.1, 0.15) is 42.5 Å². The molecule has 0 spiro atoms. The molecule has 0 aromatic carbocycles. The largest absolute Gasteiger partial charge is 0.465 e. The van der Waals surface area contributed by atoms with Gasteiger partial charge >= 0.3 is 5.97 Å². The number of nitrogens with one attached hydrogen (secondary N) is 1. The van der Waals surface area contributed by atoms with Gasteiger partial charge in [-0.25, -0.2) is 4.79 Å². The summed E-state index contributed by atoms with van der Waals surface area (Å²) in [6, 6.07) is 0. The molecular formula is C18H25N5O4S. The number of aromatic nitrogens is 2. The lowest BCUT2D eigenvalue weighted by Crippen LogP contribution is -2.30. The Kier molecular flexibility index (Phi) is 6.57. The highest BCUT2D eigenvalue weighted by molar-refractivity contribution is 7.18. The van der Waals surface area contributed by atoms with Crippen LogP contribution in [-0.4, -0.2) is 53.2 Å². The van der Waals surface area contributed by atoms with Crippen LogP contribution in [0.15, 0.2) is 0 Å². The van der Waals surface area contributed by atoms with Crippen LogP contribution in [0, 0.1) is 20.8 Å². The van der Waals surface area contributed by atoms with E-state index in [1.165, 1.54) is 7.11 Å². The number of carbonyl (C=O) groups excluding carboxylic acids is 3. The van der Waals surface area contributed by atoms with E-state index in [2.05, 4.69) is 10.4 Å². The van der Waals surface area contributed by atoms with Gasteiger partial charge in [0.15, 0.2) is 0 Å². The number of rotatable bonds is 7. The lowest BCUT2D eigenvalue weighted by Gasteiger charge is -2.16. The summed E-state index contributed by atoms with van der Waals surface area (Å²) in [5, 5.41) is 7.33. The lowest BCUT2D eigenvalue weighted by molar-refractivity contribution is -0.117. The number of primary amides is 1. The van der Waals surface area contributed by atoms with E-state index in [1.807, 2.05) is 32.8 Å². The predicted octanol–water partition coefficient (Wildman–Crippen LogP) is 1.36. The molecule has 2 aromatic rings. The highest BCUT2D eigenvalue weighted by atomic mass is 32.1. The van der Waals surface area contributed by atoms with Crippen molar-refractivity contribution in [3.8, 4) is 0 Å². The molecule has 0 bridgehead atoms. The Morgan fingerprint density at radius 2 is 1.93 bits per heavy atom. The standard InChI is InChI=1S/C18H25N5O4S/c1-9-14(18(26)27-6)17(28-15(9)16(19)25)20-13(24)8-22(4)7-12-10(2)21-23(5)11(12)3/h7-8H2,1-6H3,(H2,19,25)(H,20,24). The van der Waals surface area contributed by atoms with E-state index in [-0.39, 0.29) is 27.9 Å². The minimum atomic E-state index is -0.659. The van der Waals surface area contributed by atoms with Crippen molar-refractivity contribution < 1.29 is 19.1 Å². The van der Waals surface area contributed by atoms with Crippen LogP contribution in [0.2, 0.25) is 0 Å². The van der Waals surface area contributed by atoms with Gasteiger partial charge in [-0.1, -0.05) is 0 Å². The van der Waals surface area contributed by atoms with E-state index < -0.39 is 11.9 Å². The Morgan fingerprint density at radius 3 is 2.43 bits per heavy atom. The maximum atomic E-state index is 12.5. The third-order valence-corrected chi connectivity index (χ3v) is 5.74. The number of carbonyl (C=O) groups is 3. The van der Waals surface area contributed by atoms with Crippen LogP contribution in [0.25, 0.3) is 0 Å². The number of amides is 2. The molecule has 2 heterocycles. The first-order chi connectivity index (χ1) is 13.1. The Hall–Kier alpha value is -2.72. The van der Waals surface area contributed by atoms with Crippen LogP contribution in [0.4, 0.5) is 5.00 Å². The number of hydrogen-bond donors (Lipinski definition) is 2. The van der Waals surface area contributed by atoms with Crippen LogP contribution in [0.5, 0.6) is 0 Å². The predicted molar refractivity (Wildman–Crippen MR) is 107 cm³/mol. The van der Waals surface area contributed by atoms with Crippen molar-refractivity contribution in [3.05, 3.63) is 33.0 Å². The summed E-state index contributed by atoms with van der Waals surface area (Å²) in [6.45, 7) is 6.15. The minimum Gasteiger partial charge on any atom is -0.465 e. The molecular weight excluding hydrogens is 382 g/mol. The molecule has 3 N–H and O–H groups in total. The van der Waals surface area contributed by atoms with Gasteiger partial charge in [-0.05, 0) is 33.4 Å². The van der Waals surface area contributed by atoms with Crippen LogP contribution in [0.3, 0.4) is 0 Å². The number of thiophene rings is 1. The number of esters is 1. The fourth-order valence-electron chi connectivity index (χ4n) is 2.97. The maximum absolute atomic E-state index is 12.5. The van der Waals surface area contributed by atoms with Gasteiger partial charge in [0.1, 0.15) is 5.00 Å². The molecule has 152 valence electrons. The molecule has 0 unspecified atom stereocenters. The van der Waals surface area contributed by atoms with E-state index in [9.17, 15) is 14.4 Å². The van der Waals surface area contributed by atoms with E-state index >= 15 is 0 Å². The molecule has 0 atom stereocenters. The molecule has 2 aromatic heterocycles. The Bertz CT molecular complexity index is 931. The Morgan fingerprint density at radius 1 is 1.29 bits per heavy atom. The van der Waals surface area contributed by atoms with Gasteiger partial charge in [0.2, 0.25) is 5.91 Å². The minimum absolute atomic E-state index is 0.0945. The molecule has 2 rings (SSSR count). The zero-order valence-corrected chi connectivity index (χ0v) is 17.7. The normalized spacial score (nSPS) is 11.0. The second kappa shape index (κ2) is 8.53. The molecule has 10 heteroatoms. The van der Waals surface area contributed by atoms with E-state index in [0.29, 0.717) is 12.1 Å². The van der Waals surface area contributed by atoms with Gasteiger partial charge in [0, 0.05) is 24.8 Å². The van der Waals surface area contributed by atoms with Crippen molar-refractivity contribution >= 4 is 34.1 Å². The summed E-state index contributed by atoms with van der Waals surface area (Å²) < 4.78 is 6.57. The molecule has 9 nitrogen and oxygen atoms in total. The number of nitrogens with zero attached hydrogens (tertiary/aromatic N) is 3. The SMILES string of the molecule is COC(=O)c1c(NC(=O)CN(C)Cc2c(C)nn(C)c2C)sc(C(N)=O)c1C. The van der Waals surface area contributed by atoms with Gasteiger partial charge in [-0.3, -0.25) is 19.2 Å². The van der Waals surface area contributed by atoms with Crippen LogP contribution >= 0.6 is 11.3 Å². The monoisotopic (exact) mass is 407 g/mol. The summed E-state index contributed by atoms with van der Waals surface area (Å²) in [5.74, 6) is -1.61. The fourth-order valence-corrected chi connectivity index (χ4v) is 4.03. The third kappa shape index (κ3) is 4.39. The van der Waals surface area contributed by atoms with Gasteiger partial charge < -0.3 is 15.8 Å². The average Bonchev–Trinajstić information content (AvgIpc) is 3.05. The smallest absolute Gasteiger partial charge is 0.341 e.